The third-order valence-corrected chi connectivity index (χ3v) is 5.48. The van der Waals surface area contributed by atoms with Crippen LogP contribution in [-0.2, 0) is 0 Å². The molecule has 22 heavy (non-hydrogen) atoms. The minimum absolute atomic E-state index is 0.761. The number of benzene rings is 1. The summed E-state index contributed by atoms with van der Waals surface area (Å²) in [4.78, 5) is 0. The van der Waals surface area contributed by atoms with Crippen molar-refractivity contribution in [1.82, 2.24) is 0 Å². The molecule has 0 N–H and O–H groups in total. The Balaban J connectivity index is 1.79. The van der Waals surface area contributed by atoms with Gasteiger partial charge in [-0.05, 0) is 55.4 Å². The highest BCUT2D eigenvalue weighted by atomic mass is 15.3. The van der Waals surface area contributed by atoms with E-state index < -0.39 is 0 Å². The lowest BCUT2D eigenvalue weighted by atomic mass is 9.84. The number of piperidine rings is 1. The van der Waals surface area contributed by atoms with Crippen LogP contribution < -0.4 is 0 Å². The van der Waals surface area contributed by atoms with Gasteiger partial charge >= 0.3 is 0 Å². The van der Waals surface area contributed by atoms with E-state index in [-0.39, 0.29) is 0 Å². The van der Waals surface area contributed by atoms with Gasteiger partial charge in [0.1, 0.15) is 0 Å². The van der Waals surface area contributed by atoms with Gasteiger partial charge in [0.05, 0.1) is 27.2 Å². The molecule has 1 saturated heterocycles. The first-order valence-electron chi connectivity index (χ1n) is 9.33. The minimum atomic E-state index is 0.761. The van der Waals surface area contributed by atoms with Gasteiger partial charge in [0.25, 0.3) is 0 Å². The molecule has 1 aliphatic heterocycles. The predicted octanol–water partition coefficient (Wildman–Crippen LogP) is 5.47. The number of nitrogens with zero attached hydrogens (tertiary/aromatic N) is 1. The van der Waals surface area contributed by atoms with Crippen molar-refractivity contribution in [3.8, 4) is 0 Å². The van der Waals surface area contributed by atoms with Crippen LogP contribution in [0.15, 0.2) is 30.3 Å². The van der Waals surface area contributed by atoms with Gasteiger partial charge in [0.2, 0.25) is 0 Å². The van der Waals surface area contributed by atoms with Crippen molar-refractivity contribution in [1.29, 1.82) is 0 Å². The van der Waals surface area contributed by atoms with Gasteiger partial charge in [-0.1, -0.05) is 50.6 Å². The van der Waals surface area contributed by atoms with Gasteiger partial charge in [0, 0.05) is 0 Å². The zero-order valence-electron chi connectivity index (χ0n) is 15.2. The molecule has 124 valence electrons. The van der Waals surface area contributed by atoms with E-state index in [4.69, 9.17) is 0 Å². The topological polar surface area (TPSA) is 0 Å². The fourth-order valence-corrected chi connectivity index (χ4v) is 3.98. The molecule has 0 radical (unpaired) electrons. The van der Waals surface area contributed by atoms with Gasteiger partial charge in [-0.3, -0.25) is 0 Å². The Morgan fingerprint density at radius 3 is 2.27 bits per heavy atom. The fourth-order valence-electron chi connectivity index (χ4n) is 3.98. The summed E-state index contributed by atoms with van der Waals surface area (Å²) in [5, 5.41) is 0. The highest BCUT2D eigenvalue weighted by molar-refractivity contribution is 5.19. The van der Waals surface area contributed by atoms with Gasteiger partial charge in [0.15, 0.2) is 0 Å². The van der Waals surface area contributed by atoms with Crippen LogP contribution in [0.3, 0.4) is 0 Å². The van der Waals surface area contributed by atoms with E-state index in [2.05, 4.69) is 58.3 Å². The monoisotopic (exact) mass is 302 g/mol. The van der Waals surface area contributed by atoms with Crippen LogP contribution in [0, 0.1) is 11.8 Å². The van der Waals surface area contributed by atoms with E-state index in [0.717, 1.165) is 17.8 Å². The first-order chi connectivity index (χ1) is 10.5. The highest BCUT2D eigenvalue weighted by Crippen LogP contribution is 2.31. The summed E-state index contributed by atoms with van der Waals surface area (Å²) in [6.45, 7) is 7.46. The molecule has 1 aromatic carbocycles. The summed E-state index contributed by atoms with van der Waals surface area (Å²) >= 11 is 0. The van der Waals surface area contributed by atoms with E-state index >= 15 is 0 Å². The van der Waals surface area contributed by atoms with E-state index in [1.54, 1.807) is 5.56 Å². The third kappa shape index (κ3) is 5.76. The van der Waals surface area contributed by atoms with Crippen LogP contribution >= 0.6 is 0 Å². The smallest absolute Gasteiger partial charge is 0.0785 e. The fraction of sp³-hybridized carbons (Fsp3) is 0.714. The Hall–Kier alpha value is -0.820. The molecule has 0 saturated carbocycles. The number of hydrogen-bond acceptors (Lipinski definition) is 0. The summed E-state index contributed by atoms with van der Waals surface area (Å²) in [7, 11) is 4.76. The van der Waals surface area contributed by atoms with Crippen LogP contribution in [0.5, 0.6) is 0 Å². The van der Waals surface area contributed by atoms with E-state index in [1.165, 1.54) is 56.1 Å². The molecule has 1 heterocycles. The maximum Gasteiger partial charge on any atom is 0.0785 e. The van der Waals surface area contributed by atoms with Crippen LogP contribution in [0.2, 0.25) is 0 Å². The second-order valence-electron chi connectivity index (χ2n) is 8.49. The molecular formula is C21H36N+. The number of hydrogen-bond donors (Lipinski definition) is 0. The number of rotatable bonds is 7. The van der Waals surface area contributed by atoms with E-state index in [9.17, 15) is 0 Å². The Kier molecular flexibility index (Phi) is 6.50. The second-order valence-corrected chi connectivity index (χ2v) is 8.49. The molecule has 1 nitrogen and oxygen atoms in total. The summed E-state index contributed by atoms with van der Waals surface area (Å²) in [5.41, 5.74) is 1.55. The summed E-state index contributed by atoms with van der Waals surface area (Å²) < 4.78 is 1.23. The molecule has 0 bridgehead atoms. The maximum atomic E-state index is 2.38. The largest absolute Gasteiger partial charge is 0.328 e. The quantitative estimate of drug-likeness (QED) is 0.586. The summed E-state index contributed by atoms with van der Waals surface area (Å²) in [5.74, 6) is 2.54. The van der Waals surface area contributed by atoms with Crippen molar-refractivity contribution < 1.29 is 4.48 Å². The van der Waals surface area contributed by atoms with E-state index in [1.807, 2.05) is 0 Å². The van der Waals surface area contributed by atoms with Crippen LogP contribution in [0.25, 0.3) is 0 Å². The Labute approximate surface area is 138 Å². The number of likely N-dealkylation sites (tertiary alicyclic amines) is 1. The van der Waals surface area contributed by atoms with Gasteiger partial charge in [-0.2, -0.15) is 0 Å². The van der Waals surface area contributed by atoms with Crippen molar-refractivity contribution >= 4 is 0 Å². The molecule has 0 aromatic heterocycles. The van der Waals surface area contributed by atoms with Crippen molar-refractivity contribution in [3.05, 3.63) is 35.9 Å². The average Bonchev–Trinajstić information content (AvgIpc) is 2.48. The molecular weight excluding hydrogens is 266 g/mol. The Morgan fingerprint density at radius 1 is 1.05 bits per heavy atom. The lowest BCUT2D eigenvalue weighted by Gasteiger charge is -2.37. The molecule has 0 amide bonds. The lowest BCUT2D eigenvalue weighted by Crippen LogP contribution is -2.46. The molecule has 1 aromatic rings. The zero-order valence-corrected chi connectivity index (χ0v) is 15.2. The van der Waals surface area contributed by atoms with Crippen LogP contribution in [0.4, 0.5) is 0 Å². The average molecular weight is 303 g/mol. The van der Waals surface area contributed by atoms with Crippen molar-refractivity contribution in [3.63, 3.8) is 0 Å². The molecule has 1 fully saturated rings. The second kappa shape index (κ2) is 8.15. The van der Waals surface area contributed by atoms with Crippen LogP contribution in [0.1, 0.15) is 63.9 Å². The Bertz CT molecular complexity index is 411. The van der Waals surface area contributed by atoms with Gasteiger partial charge in [-0.25, -0.2) is 0 Å². The maximum absolute atomic E-state index is 2.38. The molecule has 0 spiro atoms. The molecule has 1 heteroatoms. The SMILES string of the molecule is CC(C)CC(CCCC1CC[N+](C)(C)CC1)c1ccccc1. The molecule has 1 aliphatic rings. The first kappa shape index (κ1) is 17.5. The standard InChI is InChI=1S/C21H36N/c1-18(2)17-21(20-10-6-5-7-11-20)12-8-9-19-13-15-22(3,4)16-14-19/h5-7,10-11,18-19,21H,8-9,12-17H2,1-4H3/q+1. The zero-order chi connectivity index (χ0) is 16.0. The molecule has 0 aliphatic carbocycles. The molecule has 1 unspecified atom stereocenters. The summed E-state index contributed by atoms with van der Waals surface area (Å²) in [6, 6.07) is 11.2. The van der Waals surface area contributed by atoms with Crippen molar-refractivity contribution in [2.75, 3.05) is 27.2 Å². The lowest BCUT2D eigenvalue weighted by molar-refractivity contribution is -0.896. The first-order valence-corrected chi connectivity index (χ1v) is 9.33. The number of quaternary nitrogens is 1. The molecule has 1 atom stereocenters. The third-order valence-electron chi connectivity index (χ3n) is 5.48. The minimum Gasteiger partial charge on any atom is -0.328 e. The van der Waals surface area contributed by atoms with Gasteiger partial charge in [-0.15, -0.1) is 0 Å². The summed E-state index contributed by atoms with van der Waals surface area (Å²) in [6.07, 6.45) is 8.43. The normalized spacial score (nSPS) is 20.2. The van der Waals surface area contributed by atoms with Crippen molar-refractivity contribution in [2.24, 2.45) is 11.8 Å². The predicted molar refractivity (Wildman–Crippen MR) is 97.1 cm³/mol. The van der Waals surface area contributed by atoms with Gasteiger partial charge < -0.3 is 4.48 Å². The Morgan fingerprint density at radius 2 is 1.68 bits per heavy atom. The van der Waals surface area contributed by atoms with Crippen LogP contribution in [-0.4, -0.2) is 31.7 Å². The van der Waals surface area contributed by atoms with Crippen molar-refractivity contribution in [2.45, 2.75) is 58.3 Å². The molecule has 2 rings (SSSR count). The van der Waals surface area contributed by atoms with E-state index in [0.29, 0.717) is 0 Å². The highest BCUT2D eigenvalue weighted by Gasteiger charge is 2.25.